The van der Waals surface area contributed by atoms with Gasteiger partial charge in [0.25, 0.3) is 0 Å². The van der Waals surface area contributed by atoms with Gasteiger partial charge >= 0.3 is 0 Å². The predicted octanol–water partition coefficient (Wildman–Crippen LogP) is 16.7. The van der Waals surface area contributed by atoms with Crippen molar-refractivity contribution >= 4 is 65.8 Å². The highest BCUT2D eigenvalue weighted by molar-refractivity contribution is 6.20. The molecule has 0 atom stereocenters. The number of fused-ring (bicyclic) bond motifs is 7. The number of rotatable bonds is 7. The Morgan fingerprint density at radius 3 is 1.29 bits per heavy atom. The summed E-state index contributed by atoms with van der Waals surface area (Å²) >= 11 is 0. The van der Waals surface area contributed by atoms with Gasteiger partial charge in [0.05, 0.1) is 11.0 Å². The average molecular weight is 789 g/mol. The monoisotopic (exact) mass is 788 g/mol. The van der Waals surface area contributed by atoms with E-state index in [-0.39, 0.29) is 0 Å². The van der Waals surface area contributed by atoms with E-state index < -0.39 is 0 Å². The lowest BCUT2D eigenvalue weighted by Gasteiger charge is -2.26. The molecule has 0 radical (unpaired) electrons. The first kappa shape index (κ1) is 35.7. The van der Waals surface area contributed by atoms with Gasteiger partial charge in [0, 0.05) is 34.2 Å². The second-order valence-corrected chi connectivity index (χ2v) is 16.1. The average Bonchev–Trinajstić information content (AvgIpc) is 3.69. The smallest absolute Gasteiger partial charge is 0.0541 e. The van der Waals surface area contributed by atoms with E-state index in [9.17, 15) is 0 Å². The number of anilines is 3. The van der Waals surface area contributed by atoms with Crippen LogP contribution in [0.25, 0.3) is 93.2 Å². The molecule has 0 amide bonds. The maximum atomic E-state index is 2.37. The van der Waals surface area contributed by atoms with E-state index in [0.29, 0.717) is 0 Å². The van der Waals surface area contributed by atoms with E-state index >= 15 is 0 Å². The number of pyridine rings is 1. The van der Waals surface area contributed by atoms with Crippen molar-refractivity contribution in [1.29, 1.82) is 0 Å². The summed E-state index contributed by atoms with van der Waals surface area (Å²) in [5.41, 5.74) is 15.5. The molecule has 0 aliphatic rings. The van der Waals surface area contributed by atoms with Crippen molar-refractivity contribution < 1.29 is 0 Å². The zero-order valence-corrected chi connectivity index (χ0v) is 34.0. The van der Waals surface area contributed by atoms with Crippen LogP contribution in [0, 0.1) is 0 Å². The standard InChI is InChI=1S/C60H40N2/c1-2-15-46(16-3-1)59-57-25-8-9-40-61(57)58-39-38-55-54(23-12-24-56(55)60(58)59)45-30-36-49(37-31-45)62(47-32-26-43(27-33-47)52-21-10-17-41-13-4-6-19-50(41)52)48-34-28-44(29-35-48)53-22-11-18-42-14-5-7-20-51(42)53/h1-40H. The van der Waals surface area contributed by atoms with Crippen LogP contribution in [0.4, 0.5) is 17.1 Å². The van der Waals surface area contributed by atoms with Gasteiger partial charge < -0.3 is 9.30 Å². The van der Waals surface area contributed by atoms with E-state index in [1.54, 1.807) is 0 Å². The minimum absolute atomic E-state index is 1.09. The molecular weight excluding hydrogens is 749 g/mol. The summed E-state index contributed by atoms with van der Waals surface area (Å²) in [5, 5.41) is 8.79. The van der Waals surface area contributed by atoms with E-state index in [0.717, 1.165) is 17.1 Å². The Labute approximate surface area is 360 Å². The van der Waals surface area contributed by atoms with Crippen LogP contribution < -0.4 is 4.90 Å². The van der Waals surface area contributed by atoms with E-state index in [4.69, 9.17) is 0 Å². The Bertz CT molecular complexity index is 3470. The van der Waals surface area contributed by atoms with Gasteiger partial charge in [-0.2, -0.15) is 0 Å². The third-order valence-corrected chi connectivity index (χ3v) is 12.6. The Morgan fingerprint density at radius 2 is 0.726 bits per heavy atom. The van der Waals surface area contributed by atoms with Crippen LogP contribution in [-0.2, 0) is 0 Å². The zero-order valence-electron chi connectivity index (χ0n) is 34.0. The fraction of sp³-hybridized carbons (Fsp3) is 0. The molecule has 0 aliphatic carbocycles. The molecule has 0 N–H and O–H groups in total. The number of hydrogen-bond donors (Lipinski definition) is 0. The summed E-state index contributed by atoms with van der Waals surface area (Å²) in [4.78, 5) is 2.37. The van der Waals surface area contributed by atoms with Gasteiger partial charge in [0.1, 0.15) is 0 Å². The second-order valence-electron chi connectivity index (χ2n) is 16.1. The molecule has 290 valence electrons. The summed E-state index contributed by atoms with van der Waals surface area (Å²) in [6.07, 6.45) is 2.18. The SMILES string of the molecule is c1ccc(-c2c3c4cccc(-c5ccc(N(c6ccc(-c7cccc8ccccc78)cc6)c6ccc(-c7cccc8ccccc78)cc6)cc5)c4ccc3n3ccccc23)cc1. The molecule has 0 fully saturated rings. The quantitative estimate of drug-likeness (QED) is 0.156. The van der Waals surface area contributed by atoms with Gasteiger partial charge in [-0.1, -0.05) is 182 Å². The lowest BCUT2D eigenvalue weighted by atomic mass is 9.93. The largest absolute Gasteiger partial charge is 0.316 e. The first-order chi connectivity index (χ1) is 30.8. The third-order valence-electron chi connectivity index (χ3n) is 12.6. The van der Waals surface area contributed by atoms with Gasteiger partial charge in [-0.3, -0.25) is 0 Å². The van der Waals surface area contributed by atoms with Gasteiger partial charge in [-0.25, -0.2) is 0 Å². The minimum atomic E-state index is 1.09. The lowest BCUT2D eigenvalue weighted by molar-refractivity contribution is 1.26. The van der Waals surface area contributed by atoms with Crippen molar-refractivity contribution in [2.75, 3.05) is 4.90 Å². The Kier molecular flexibility index (Phi) is 8.53. The molecule has 2 aromatic heterocycles. The maximum absolute atomic E-state index is 2.37. The van der Waals surface area contributed by atoms with Crippen LogP contribution in [0.1, 0.15) is 0 Å². The molecule has 0 unspecified atom stereocenters. The third kappa shape index (κ3) is 5.96. The first-order valence-electron chi connectivity index (χ1n) is 21.3. The van der Waals surface area contributed by atoms with Crippen LogP contribution in [0.3, 0.4) is 0 Å². The van der Waals surface area contributed by atoms with E-state index in [1.807, 2.05) is 0 Å². The molecule has 2 nitrogen and oxygen atoms in total. The minimum Gasteiger partial charge on any atom is -0.316 e. The van der Waals surface area contributed by atoms with Crippen molar-refractivity contribution in [3.8, 4) is 44.5 Å². The number of benzene rings is 10. The summed E-state index contributed by atoms with van der Waals surface area (Å²) < 4.78 is 2.33. The molecule has 12 aromatic rings. The molecule has 0 saturated carbocycles. The van der Waals surface area contributed by atoms with E-state index in [1.165, 1.54) is 93.2 Å². The van der Waals surface area contributed by atoms with Crippen LogP contribution in [0.2, 0.25) is 0 Å². The fourth-order valence-corrected chi connectivity index (χ4v) is 9.72. The van der Waals surface area contributed by atoms with Gasteiger partial charge in [0.15, 0.2) is 0 Å². The highest BCUT2D eigenvalue weighted by Crippen LogP contribution is 2.43. The van der Waals surface area contributed by atoms with Crippen molar-refractivity contribution in [2.24, 2.45) is 0 Å². The van der Waals surface area contributed by atoms with Crippen LogP contribution in [-0.4, -0.2) is 4.40 Å². The Balaban J connectivity index is 0.968. The summed E-state index contributed by atoms with van der Waals surface area (Å²) in [7, 11) is 0. The zero-order chi connectivity index (χ0) is 41.0. The van der Waals surface area contributed by atoms with E-state index in [2.05, 4.69) is 252 Å². The molecule has 0 saturated heterocycles. The maximum Gasteiger partial charge on any atom is 0.0541 e. The van der Waals surface area contributed by atoms with Crippen LogP contribution in [0.15, 0.2) is 243 Å². The normalized spacial score (nSPS) is 11.5. The van der Waals surface area contributed by atoms with Crippen LogP contribution in [0.5, 0.6) is 0 Å². The molecule has 2 heteroatoms. The van der Waals surface area contributed by atoms with Crippen LogP contribution >= 0.6 is 0 Å². The topological polar surface area (TPSA) is 7.65 Å². The Hall–Kier alpha value is -8.20. The van der Waals surface area contributed by atoms with Gasteiger partial charge in [-0.05, 0) is 126 Å². The lowest BCUT2D eigenvalue weighted by Crippen LogP contribution is -2.09. The number of aromatic nitrogens is 1. The summed E-state index contributed by atoms with van der Waals surface area (Å²) in [6, 6.07) is 86.2. The summed E-state index contributed by atoms with van der Waals surface area (Å²) in [6.45, 7) is 0. The summed E-state index contributed by atoms with van der Waals surface area (Å²) in [5.74, 6) is 0. The fourth-order valence-electron chi connectivity index (χ4n) is 9.72. The van der Waals surface area contributed by atoms with Crippen molar-refractivity contribution in [2.45, 2.75) is 0 Å². The first-order valence-corrected chi connectivity index (χ1v) is 21.3. The van der Waals surface area contributed by atoms with Gasteiger partial charge in [-0.15, -0.1) is 0 Å². The number of hydrogen-bond acceptors (Lipinski definition) is 1. The Morgan fingerprint density at radius 1 is 0.274 bits per heavy atom. The molecule has 0 spiro atoms. The molecule has 10 aromatic carbocycles. The van der Waals surface area contributed by atoms with Crippen molar-refractivity contribution in [3.05, 3.63) is 243 Å². The second kappa shape index (κ2) is 14.8. The molecule has 0 bridgehead atoms. The molecule has 2 heterocycles. The van der Waals surface area contributed by atoms with Crippen molar-refractivity contribution in [1.82, 2.24) is 4.40 Å². The van der Waals surface area contributed by atoms with Gasteiger partial charge in [0.2, 0.25) is 0 Å². The highest BCUT2D eigenvalue weighted by atomic mass is 15.1. The van der Waals surface area contributed by atoms with Crippen molar-refractivity contribution in [3.63, 3.8) is 0 Å². The molecular formula is C60H40N2. The molecule has 62 heavy (non-hydrogen) atoms. The molecule has 0 aliphatic heterocycles. The number of nitrogens with zero attached hydrogens (tertiary/aromatic N) is 2. The highest BCUT2D eigenvalue weighted by Gasteiger charge is 2.19. The molecule has 12 rings (SSSR count). The predicted molar refractivity (Wildman–Crippen MR) is 264 cm³/mol.